The highest BCUT2D eigenvalue weighted by Crippen LogP contribution is 2.19. The van der Waals surface area contributed by atoms with Gasteiger partial charge in [0.1, 0.15) is 0 Å². The van der Waals surface area contributed by atoms with Gasteiger partial charge < -0.3 is 5.32 Å². The second-order valence-electron chi connectivity index (χ2n) is 2.49. The first-order chi connectivity index (χ1) is 5.83. The summed E-state index contributed by atoms with van der Waals surface area (Å²) in [6.07, 6.45) is 1.13. The predicted octanol–water partition coefficient (Wildman–Crippen LogP) is 2.92. The van der Waals surface area contributed by atoms with Crippen molar-refractivity contribution in [2.75, 3.05) is 12.3 Å². The third-order valence-electron chi connectivity index (χ3n) is 1.43. The molecule has 1 nitrogen and oxygen atoms in total. The number of thiophene rings is 1. The third-order valence-corrected chi connectivity index (χ3v) is 3.45. The van der Waals surface area contributed by atoms with Gasteiger partial charge in [0.15, 0.2) is 0 Å². The Morgan fingerprint density at radius 2 is 2.42 bits per heavy atom. The van der Waals surface area contributed by atoms with Crippen LogP contribution in [0, 0.1) is 0 Å². The van der Waals surface area contributed by atoms with E-state index >= 15 is 0 Å². The Morgan fingerprint density at radius 3 is 3.00 bits per heavy atom. The average molecular weight is 266 g/mol. The highest BCUT2D eigenvalue weighted by atomic mass is 79.9. The summed E-state index contributed by atoms with van der Waals surface area (Å²) in [5.74, 6) is 0.959. The van der Waals surface area contributed by atoms with Gasteiger partial charge in [-0.25, -0.2) is 0 Å². The molecule has 0 spiro atoms. The van der Waals surface area contributed by atoms with Crippen molar-refractivity contribution in [1.29, 1.82) is 0 Å². The van der Waals surface area contributed by atoms with Crippen LogP contribution in [0.15, 0.2) is 15.9 Å². The molecule has 4 heteroatoms. The van der Waals surface area contributed by atoms with E-state index in [2.05, 4.69) is 45.3 Å². The lowest BCUT2D eigenvalue weighted by atomic mass is 10.4. The van der Waals surface area contributed by atoms with Crippen molar-refractivity contribution < 1.29 is 0 Å². The Morgan fingerprint density at radius 1 is 1.58 bits per heavy atom. The second kappa shape index (κ2) is 6.02. The summed E-state index contributed by atoms with van der Waals surface area (Å²) in [7, 11) is 0. The molecule has 0 aliphatic rings. The molecule has 0 aromatic carbocycles. The molecular formula is C8H12BrNS2. The van der Waals surface area contributed by atoms with E-state index in [-0.39, 0.29) is 0 Å². The molecular weight excluding hydrogens is 254 g/mol. The van der Waals surface area contributed by atoms with Crippen molar-refractivity contribution in [1.82, 2.24) is 5.32 Å². The lowest BCUT2D eigenvalue weighted by Crippen LogP contribution is -2.13. The molecule has 1 rings (SSSR count). The smallest absolute Gasteiger partial charge is 0.0300 e. The SMILES string of the molecule is SCCCNCc1cc(Br)cs1. The summed E-state index contributed by atoms with van der Waals surface area (Å²) in [6, 6.07) is 2.15. The van der Waals surface area contributed by atoms with E-state index in [0.717, 1.165) is 25.3 Å². The maximum atomic E-state index is 4.14. The zero-order chi connectivity index (χ0) is 8.81. The molecule has 0 saturated heterocycles. The zero-order valence-corrected chi connectivity index (χ0v) is 10.0. The highest BCUT2D eigenvalue weighted by molar-refractivity contribution is 9.10. The van der Waals surface area contributed by atoms with Gasteiger partial charge in [-0.15, -0.1) is 11.3 Å². The fourth-order valence-electron chi connectivity index (χ4n) is 0.862. The molecule has 68 valence electrons. The molecule has 1 aromatic rings. The molecule has 0 aliphatic heterocycles. The summed E-state index contributed by atoms with van der Waals surface area (Å²) in [5, 5.41) is 5.46. The summed E-state index contributed by atoms with van der Waals surface area (Å²) >= 11 is 9.34. The van der Waals surface area contributed by atoms with Crippen molar-refractivity contribution in [2.45, 2.75) is 13.0 Å². The summed E-state index contributed by atoms with van der Waals surface area (Å²) in [5.41, 5.74) is 0. The van der Waals surface area contributed by atoms with E-state index in [4.69, 9.17) is 0 Å². The summed E-state index contributed by atoms with van der Waals surface area (Å²) in [4.78, 5) is 1.38. The van der Waals surface area contributed by atoms with E-state index < -0.39 is 0 Å². The monoisotopic (exact) mass is 265 g/mol. The molecule has 1 aromatic heterocycles. The fourth-order valence-corrected chi connectivity index (χ4v) is 2.44. The first kappa shape index (κ1) is 10.6. The van der Waals surface area contributed by atoms with Crippen molar-refractivity contribution in [2.24, 2.45) is 0 Å². The van der Waals surface area contributed by atoms with Crippen LogP contribution >= 0.6 is 39.9 Å². The van der Waals surface area contributed by atoms with Crippen LogP contribution in [0.2, 0.25) is 0 Å². The number of thiol groups is 1. The minimum atomic E-state index is 0.959. The van der Waals surface area contributed by atoms with Crippen LogP contribution in [0.4, 0.5) is 0 Å². The first-order valence-electron chi connectivity index (χ1n) is 3.87. The fraction of sp³-hybridized carbons (Fsp3) is 0.500. The largest absolute Gasteiger partial charge is 0.312 e. The van der Waals surface area contributed by atoms with Gasteiger partial charge in [-0.2, -0.15) is 12.6 Å². The predicted molar refractivity (Wildman–Crippen MR) is 62.2 cm³/mol. The number of hydrogen-bond donors (Lipinski definition) is 2. The van der Waals surface area contributed by atoms with Gasteiger partial charge >= 0.3 is 0 Å². The Hall–Kier alpha value is 0.490. The first-order valence-corrected chi connectivity index (χ1v) is 6.18. The Labute approximate surface area is 91.1 Å². The van der Waals surface area contributed by atoms with Crippen LogP contribution in [-0.2, 0) is 6.54 Å². The zero-order valence-electron chi connectivity index (χ0n) is 6.72. The average Bonchev–Trinajstić information content (AvgIpc) is 2.45. The number of nitrogens with one attached hydrogen (secondary N) is 1. The van der Waals surface area contributed by atoms with Crippen molar-refractivity contribution in [3.05, 3.63) is 20.8 Å². The Bertz CT molecular complexity index is 225. The third kappa shape index (κ3) is 3.94. The molecule has 0 radical (unpaired) electrons. The van der Waals surface area contributed by atoms with Crippen LogP contribution in [-0.4, -0.2) is 12.3 Å². The van der Waals surface area contributed by atoms with E-state index in [1.165, 1.54) is 9.35 Å². The molecule has 0 fully saturated rings. The van der Waals surface area contributed by atoms with Gasteiger partial charge in [0.05, 0.1) is 0 Å². The van der Waals surface area contributed by atoms with Crippen molar-refractivity contribution in [3.63, 3.8) is 0 Å². The number of rotatable bonds is 5. The molecule has 0 amide bonds. The molecule has 0 atom stereocenters. The van der Waals surface area contributed by atoms with Gasteiger partial charge in [-0.3, -0.25) is 0 Å². The van der Waals surface area contributed by atoms with Crippen LogP contribution in [0.25, 0.3) is 0 Å². The summed E-state index contributed by atoms with van der Waals surface area (Å²) < 4.78 is 1.18. The quantitative estimate of drug-likeness (QED) is 0.617. The van der Waals surface area contributed by atoms with Crippen LogP contribution in [0.3, 0.4) is 0 Å². The van der Waals surface area contributed by atoms with Gasteiger partial charge in [0, 0.05) is 21.3 Å². The molecule has 1 heterocycles. The molecule has 0 aliphatic carbocycles. The van der Waals surface area contributed by atoms with Crippen molar-refractivity contribution in [3.8, 4) is 0 Å². The Balaban J connectivity index is 2.15. The van der Waals surface area contributed by atoms with Gasteiger partial charge in [-0.05, 0) is 40.7 Å². The number of halogens is 1. The van der Waals surface area contributed by atoms with E-state index in [0.29, 0.717) is 0 Å². The molecule has 0 saturated carbocycles. The van der Waals surface area contributed by atoms with Gasteiger partial charge in [0.2, 0.25) is 0 Å². The summed E-state index contributed by atoms with van der Waals surface area (Å²) in [6.45, 7) is 2.03. The molecule has 1 N–H and O–H groups in total. The van der Waals surface area contributed by atoms with Gasteiger partial charge in [0.25, 0.3) is 0 Å². The molecule has 0 bridgehead atoms. The second-order valence-corrected chi connectivity index (χ2v) is 4.84. The van der Waals surface area contributed by atoms with E-state index in [1.54, 1.807) is 11.3 Å². The van der Waals surface area contributed by atoms with Crippen LogP contribution in [0.1, 0.15) is 11.3 Å². The normalized spacial score (nSPS) is 10.5. The minimum absolute atomic E-state index is 0.959. The lowest BCUT2D eigenvalue weighted by Gasteiger charge is -1.99. The topological polar surface area (TPSA) is 12.0 Å². The van der Waals surface area contributed by atoms with Crippen LogP contribution < -0.4 is 5.32 Å². The van der Waals surface area contributed by atoms with Crippen LogP contribution in [0.5, 0.6) is 0 Å². The number of hydrogen-bond acceptors (Lipinski definition) is 3. The lowest BCUT2D eigenvalue weighted by molar-refractivity contribution is 0.685. The maximum Gasteiger partial charge on any atom is 0.0300 e. The van der Waals surface area contributed by atoms with Crippen molar-refractivity contribution >= 4 is 39.9 Å². The highest BCUT2D eigenvalue weighted by Gasteiger charge is 1.95. The van der Waals surface area contributed by atoms with E-state index in [9.17, 15) is 0 Å². The minimum Gasteiger partial charge on any atom is -0.312 e. The van der Waals surface area contributed by atoms with Gasteiger partial charge in [-0.1, -0.05) is 0 Å². The molecule has 12 heavy (non-hydrogen) atoms. The standard InChI is InChI=1S/C8H12BrNS2/c9-7-4-8(12-6-7)5-10-2-1-3-11/h4,6,10-11H,1-3,5H2. The van der Waals surface area contributed by atoms with E-state index in [1.807, 2.05) is 0 Å². The molecule has 0 unspecified atom stereocenters. The maximum absolute atomic E-state index is 4.14. The Kier molecular flexibility index (Phi) is 5.30.